The highest BCUT2D eigenvalue weighted by atomic mass is 79.9. The highest BCUT2D eigenvalue weighted by Crippen LogP contribution is 2.30. The van der Waals surface area contributed by atoms with Gasteiger partial charge in [0.15, 0.2) is 0 Å². The van der Waals surface area contributed by atoms with Crippen LogP contribution in [0.1, 0.15) is 50.6 Å². The van der Waals surface area contributed by atoms with E-state index in [9.17, 15) is 5.11 Å². The van der Waals surface area contributed by atoms with Crippen molar-refractivity contribution in [3.8, 4) is 0 Å². The molecule has 0 amide bonds. The van der Waals surface area contributed by atoms with Crippen LogP contribution in [0.4, 0.5) is 0 Å². The molecule has 1 atom stereocenters. The van der Waals surface area contributed by atoms with Gasteiger partial charge in [0.05, 0.1) is 16.4 Å². The molecule has 0 spiro atoms. The zero-order valence-corrected chi connectivity index (χ0v) is 14.0. The Hall–Kier alpha value is -1.13. The van der Waals surface area contributed by atoms with Crippen LogP contribution in [0.3, 0.4) is 0 Å². The summed E-state index contributed by atoms with van der Waals surface area (Å²) >= 11 is 3.46. The predicted molar refractivity (Wildman–Crippen MR) is 84.8 cm³/mol. The van der Waals surface area contributed by atoms with Gasteiger partial charge < -0.3 is 5.11 Å². The van der Waals surface area contributed by atoms with Crippen molar-refractivity contribution in [2.24, 2.45) is 0 Å². The Bertz CT molecular complexity index is 582. The van der Waals surface area contributed by atoms with Gasteiger partial charge in [-0.15, -0.1) is 0 Å². The van der Waals surface area contributed by atoms with Gasteiger partial charge in [0.2, 0.25) is 0 Å². The van der Waals surface area contributed by atoms with Crippen molar-refractivity contribution in [3.05, 3.63) is 51.8 Å². The van der Waals surface area contributed by atoms with Gasteiger partial charge in [-0.25, -0.2) is 0 Å². The molecule has 0 bridgehead atoms. The van der Waals surface area contributed by atoms with Crippen molar-refractivity contribution in [2.45, 2.75) is 45.8 Å². The zero-order chi connectivity index (χ0) is 14.9. The Kier molecular flexibility index (Phi) is 4.35. The van der Waals surface area contributed by atoms with Gasteiger partial charge in [-0.3, -0.25) is 4.68 Å². The molecule has 0 saturated carbocycles. The number of nitrogens with zero attached hydrogens (tertiary/aromatic N) is 2. The SMILES string of the molecule is CCn1ncc(Br)c1C(O)c1ccc(C(C)(C)C)cc1. The van der Waals surface area contributed by atoms with E-state index in [1.165, 1.54) is 5.56 Å². The van der Waals surface area contributed by atoms with Crippen molar-refractivity contribution in [1.82, 2.24) is 9.78 Å². The van der Waals surface area contributed by atoms with Crippen LogP contribution in [0.5, 0.6) is 0 Å². The maximum absolute atomic E-state index is 10.6. The van der Waals surface area contributed by atoms with Gasteiger partial charge >= 0.3 is 0 Å². The van der Waals surface area contributed by atoms with Gasteiger partial charge in [-0.2, -0.15) is 5.10 Å². The average Bonchev–Trinajstić information content (AvgIpc) is 2.78. The molecule has 1 heterocycles. The first-order chi connectivity index (χ1) is 9.34. The minimum Gasteiger partial charge on any atom is -0.382 e. The number of rotatable bonds is 3. The van der Waals surface area contributed by atoms with E-state index < -0.39 is 6.10 Å². The number of aliphatic hydroxyl groups is 1. The summed E-state index contributed by atoms with van der Waals surface area (Å²) < 4.78 is 2.65. The number of benzene rings is 1. The molecule has 0 radical (unpaired) electrons. The van der Waals surface area contributed by atoms with Gasteiger partial charge in [0.25, 0.3) is 0 Å². The largest absolute Gasteiger partial charge is 0.382 e. The molecule has 2 rings (SSSR count). The molecule has 0 aliphatic rings. The third-order valence-corrected chi connectivity index (χ3v) is 4.10. The summed E-state index contributed by atoms with van der Waals surface area (Å²) in [5, 5.41) is 14.8. The molecule has 0 aliphatic carbocycles. The second-order valence-electron chi connectivity index (χ2n) is 5.97. The second-order valence-corrected chi connectivity index (χ2v) is 6.82. The Morgan fingerprint density at radius 2 is 1.85 bits per heavy atom. The second kappa shape index (κ2) is 5.70. The summed E-state index contributed by atoms with van der Waals surface area (Å²) in [4.78, 5) is 0. The Morgan fingerprint density at radius 1 is 1.25 bits per heavy atom. The Labute approximate surface area is 128 Å². The van der Waals surface area contributed by atoms with Gasteiger partial charge in [0.1, 0.15) is 6.10 Å². The molecule has 3 nitrogen and oxygen atoms in total. The van der Waals surface area contributed by atoms with E-state index in [0.717, 1.165) is 22.3 Å². The maximum Gasteiger partial charge on any atom is 0.122 e. The topological polar surface area (TPSA) is 38.0 Å². The predicted octanol–water partition coefficient (Wildman–Crippen LogP) is 4.04. The minimum atomic E-state index is -0.666. The summed E-state index contributed by atoms with van der Waals surface area (Å²) in [7, 11) is 0. The molecule has 20 heavy (non-hydrogen) atoms. The van der Waals surface area contributed by atoms with E-state index >= 15 is 0 Å². The van der Waals surface area contributed by atoms with Crippen LogP contribution in [0.15, 0.2) is 34.9 Å². The molecule has 2 aromatic rings. The first kappa shape index (κ1) is 15.3. The highest BCUT2D eigenvalue weighted by Gasteiger charge is 2.20. The lowest BCUT2D eigenvalue weighted by molar-refractivity contribution is 0.207. The summed E-state index contributed by atoms with van der Waals surface area (Å²) in [5.41, 5.74) is 3.07. The lowest BCUT2D eigenvalue weighted by atomic mass is 9.86. The molecule has 0 saturated heterocycles. The van der Waals surface area contributed by atoms with Crippen LogP contribution in [0.25, 0.3) is 0 Å². The van der Waals surface area contributed by atoms with E-state index in [0.29, 0.717) is 0 Å². The summed E-state index contributed by atoms with van der Waals surface area (Å²) in [5.74, 6) is 0. The minimum absolute atomic E-state index is 0.120. The summed E-state index contributed by atoms with van der Waals surface area (Å²) in [6.45, 7) is 9.29. The van der Waals surface area contributed by atoms with Crippen LogP contribution in [0.2, 0.25) is 0 Å². The summed E-state index contributed by atoms with van der Waals surface area (Å²) in [6, 6.07) is 8.15. The van der Waals surface area contributed by atoms with Crippen LogP contribution >= 0.6 is 15.9 Å². The molecule has 1 N–H and O–H groups in total. The fraction of sp³-hybridized carbons (Fsp3) is 0.438. The van der Waals surface area contributed by atoms with Crippen molar-refractivity contribution < 1.29 is 5.11 Å². The molecule has 0 aliphatic heterocycles. The van der Waals surface area contributed by atoms with Crippen LogP contribution in [0, 0.1) is 0 Å². The number of aryl methyl sites for hydroxylation is 1. The number of hydrogen-bond acceptors (Lipinski definition) is 2. The number of aliphatic hydroxyl groups excluding tert-OH is 1. The van der Waals surface area contributed by atoms with Crippen molar-refractivity contribution in [2.75, 3.05) is 0 Å². The number of hydrogen-bond donors (Lipinski definition) is 1. The van der Waals surface area contributed by atoms with Gasteiger partial charge in [0, 0.05) is 6.54 Å². The number of halogens is 1. The van der Waals surface area contributed by atoms with E-state index in [2.05, 4.69) is 53.9 Å². The quantitative estimate of drug-likeness (QED) is 0.918. The third kappa shape index (κ3) is 2.96. The molecule has 1 aromatic carbocycles. The molecule has 108 valence electrons. The van der Waals surface area contributed by atoms with Gasteiger partial charge in [-0.1, -0.05) is 45.0 Å². The Morgan fingerprint density at radius 3 is 2.35 bits per heavy atom. The van der Waals surface area contributed by atoms with Crippen molar-refractivity contribution in [3.63, 3.8) is 0 Å². The molecule has 1 aromatic heterocycles. The lowest BCUT2D eigenvalue weighted by Gasteiger charge is -2.20. The highest BCUT2D eigenvalue weighted by molar-refractivity contribution is 9.10. The number of aromatic nitrogens is 2. The fourth-order valence-electron chi connectivity index (χ4n) is 2.22. The van der Waals surface area contributed by atoms with Crippen LogP contribution in [-0.2, 0) is 12.0 Å². The molecular weight excluding hydrogens is 316 g/mol. The smallest absolute Gasteiger partial charge is 0.122 e. The first-order valence-electron chi connectivity index (χ1n) is 6.84. The molecule has 0 fully saturated rings. The maximum atomic E-state index is 10.6. The van der Waals surface area contributed by atoms with Crippen molar-refractivity contribution >= 4 is 15.9 Å². The Balaban J connectivity index is 2.34. The van der Waals surface area contributed by atoms with Crippen LogP contribution in [-0.4, -0.2) is 14.9 Å². The third-order valence-electron chi connectivity index (χ3n) is 3.48. The average molecular weight is 337 g/mol. The zero-order valence-electron chi connectivity index (χ0n) is 12.4. The van der Waals surface area contributed by atoms with E-state index in [1.807, 2.05) is 23.7 Å². The summed E-state index contributed by atoms with van der Waals surface area (Å²) in [6.07, 6.45) is 1.06. The van der Waals surface area contributed by atoms with Crippen molar-refractivity contribution in [1.29, 1.82) is 0 Å². The van der Waals surface area contributed by atoms with Crippen LogP contribution < -0.4 is 0 Å². The lowest BCUT2D eigenvalue weighted by Crippen LogP contribution is -2.12. The monoisotopic (exact) mass is 336 g/mol. The molecule has 4 heteroatoms. The normalized spacial score (nSPS) is 13.5. The standard InChI is InChI=1S/C16H21BrN2O/c1-5-19-14(13(17)10-18-19)15(20)11-6-8-12(9-7-11)16(2,3)4/h6-10,15,20H,5H2,1-4H3. The van der Waals surface area contributed by atoms with E-state index in [-0.39, 0.29) is 5.41 Å². The molecule has 1 unspecified atom stereocenters. The first-order valence-corrected chi connectivity index (χ1v) is 7.63. The van der Waals surface area contributed by atoms with E-state index in [4.69, 9.17) is 0 Å². The van der Waals surface area contributed by atoms with E-state index in [1.54, 1.807) is 6.20 Å². The molecular formula is C16H21BrN2O. The van der Waals surface area contributed by atoms with Gasteiger partial charge in [-0.05, 0) is 39.4 Å². The fourth-order valence-corrected chi connectivity index (χ4v) is 2.73.